The Hall–Kier alpha value is -0.900. The molecule has 27 heavy (non-hydrogen) atoms. The van der Waals surface area contributed by atoms with Gasteiger partial charge in [0.1, 0.15) is 19.2 Å². The van der Waals surface area contributed by atoms with Crippen LogP contribution in [0.4, 0.5) is 0 Å². The third-order valence-electron chi connectivity index (χ3n) is 8.20. The molecule has 0 radical (unpaired) electrons. The monoisotopic (exact) mass is 372 g/mol. The van der Waals surface area contributed by atoms with Gasteiger partial charge < -0.3 is 14.3 Å². The summed E-state index contributed by atoms with van der Waals surface area (Å²) in [6.07, 6.45) is 5.20. The predicted octanol–water partition coefficient (Wildman–Crippen LogP) is 4.25. The van der Waals surface area contributed by atoms with Gasteiger partial charge in [-0.1, -0.05) is 51.1 Å². The van der Waals surface area contributed by atoms with Crippen LogP contribution in [-0.2, 0) is 11.3 Å². The van der Waals surface area contributed by atoms with E-state index in [1.807, 2.05) is 0 Å². The first-order chi connectivity index (χ1) is 12.9. The minimum atomic E-state index is -0.360. The maximum atomic E-state index is 10.9. The summed E-state index contributed by atoms with van der Waals surface area (Å²) in [5, 5.41) is 10.9. The van der Waals surface area contributed by atoms with Crippen molar-refractivity contribution < 1.29 is 14.3 Å². The molecule has 5 atom stereocenters. The molecule has 3 fully saturated rings. The van der Waals surface area contributed by atoms with E-state index in [4.69, 9.17) is 4.74 Å². The molecular weight excluding hydrogens is 334 g/mol. The molecule has 1 N–H and O–H groups in total. The Balaban J connectivity index is 1.35. The topological polar surface area (TPSA) is 29.5 Å². The van der Waals surface area contributed by atoms with E-state index in [2.05, 4.69) is 51.1 Å². The largest absolute Gasteiger partial charge is 0.385 e. The Morgan fingerprint density at radius 1 is 1.11 bits per heavy atom. The van der Waals surface area contributed by atoms with Crippen LogP contribution in [0.25, 0.3) is 0 Å². The average Bonchev–Trinajstić information content (AvgIpc) is 3.25. The summed E-state index contributed by atoms with van der Waals surface area (Å²) in [6, 6.07) is 10.8. The minimum absolute atomic E-state index is 0.342. The molecule has 4 rings (SSSR count). The zero-order valence-electron chi connectivity index (χ0n) is 17.4. The van der Waals surface area contributed by atoms with E-state index in [-0.39, 0.29) is 6.10 Å². The van der Waals surface area contributed by atoms with Crippen LogP contribution in [0.3, 0.4) is 0 Å². The number of hydrogen-bond donors (Lipinski definition) is 1. The van der Waals surface area contributed by atoms with Crippen LogP contribution in [0.1, 0.15) is 52.0 Å². The third-order valence-corrected chi connectivity index (χ3v) is 8.20. The van der Waals surface area contributed by atoms with Gasteiger partial charge >= 0.3 is 0 Å². The molecular formula is C24H38NO2+. The lowest BCUT2D eigenvalue weighted by atomic mass is 9.80. The number of benzene rings is 1. The van der Waals surface area contributed by atoms with Crippen LogP contribution < -0.4 is 0 Å². The van der Waals surface area contributed by atoms with Gasteiger partial charge in [0.15, 0.2) is 0 Å². The number of nitrogens with zero attached hydrogens (tertiary/aromatic N) is 1. The van der Waals surface area contributed by atoms with Crippen LogP contribution in [-0.4, -0.2) is 48.0 Å². The van der Waals surface area contributed by atoms with Crippen LogP contribution in [0.2, 0.25) is 0 Å². The van der Waals surface area contributed by atoms with Crippen molar-refractivity contribution >= 4 is 0 Å². The van der Waals surface area contributed by atoms with Gasteiger partial charge in [-0.25, -0.2) is 0 Å². The number of hydrogen-bond acceptors (Lipinski definition) is 2. The second kappa shape index (κ2) is 7.50. The van der Waals surface area contributed by atoms with Crippen molar-refractivity contribution in [1.82, 2.24) is 0 Å². The minimum Gasteiger partial charge on any atom is -0.385 e. The highest BCUT2D eigenvalue weighted by Crippen LogP contribution is 2.60. The molecule has 0 spiro atoms. The number of aliphatic hydroxyl groups is 1. The smallest absolute Gasteiger partial charge is 0.126 e. The van der Waals surface area contributed by atoms with E-state index in [1.165, 1.54) is 44.3 Å². The molecule has 0 amide bonds. The number of ether oxygens (including phenoxy) is 1. The molecule has 1 aliphatic heterocycles. The molecule has 150 valence electrons. The number of aliphatic hydroxyl groups excluding tert-OH is 1. The van der Waals surface area contributed by atoms with E-state index in [1.54, 1.807) is 0 Å². The first kappa shape index (κ1) is 19.4. The second-order valence-electron chi connectivity index (χ2n) is 10.2. The summed E-state index contributed by atoms with van der Waals surface area (Å²) in [5.41, 5.74) is 1.79. The summed E-state index contributed by atoms with van der Waals surface area (Å²) in [7, 11) is 0. The molecule has 2 saturated carbocycles. The highest BCUT2D eigenvalue weighted by molar-refractivity contribution is 5.13. The van der Waals surface area contributed by atoms with E-state index in [0.29, 0.717) is 30.0 Å². The fourth-order valence-corrected chi connectivity index (χ4v) is 6.87. The summed E-state index contributed by atoms with van der Waals surface area (Å²) in [6.45, 7) is 12.0. The number of quaternary nitrogens is 1. The Labute approximate surface area is 165 Å². The zero-order valence-corrected chi connectivity index (χ0v) is 17.4. The Morgan fingerprint density at radius 2 is 1.78 bits per heavy atom. The van der Waals surface area contributed by atoms with Crippen LogP contribution >= 0.6 is 0 Å². The standard InChI is InChI=1S/C24H38NO2/c1-18-21-11-12-22(24(21,2)3)23(18)27-17-20(26)16-25(13-7-8-14-25)15-19-9-5-4-6-10-19/h4-6,9-10,18,20-23,26H,7-8,11-17H2,1-3H3/q+1. The molecule has 2 bridgehead atoms. The summed E-state index contributed by atoms with van der Waals surface area (Å²) in [5.74, 6) is 2.09. The predicted molar refractivity (Wildman–Crippen MR) is 109 cm³/mol. The molecule has 1 aromatic rings. The van der Waals surface area contributed by atoms with Crippen molar-refractivity contribution in [3.63, 3.8) is 0 Å². The quantitative estimate of drug-likeness (QED) is 0.725. The molecule has 2 aliphatic carbocycles. The van der Waals surface area contributed by atoms with Crippen LogP contribution in [0.5, 0.6) is 0 Å². The molecule has 5 unspecified atom stereocenters. The van der Waals surface area contributed by atoms with E-state index < -0.39 is 0 Å². The molecule has 3 heteroatoms. The summed E-state index contributed by atoms with van der Waals surface area (Å²) >= 11 is 0. The van der Waals surface area contributed by atoms with Crippen molar-refractivity contribution in [2.45, 2.75) is 65.2 Å². The van der Waals surface area contributed by atoms with E-state index in [0.717, 1.165) is 23.5 Å². The van der Waals surface area contributed by atoms with Gasteiger partial charge in [0.05, 0.1) is 25.8 Å². The number of rotatable bonds is 7. The summed E-state index contributed by atoms with van der Waals surface area (Å²) < 4.78 is 7.41. The van der Waals surface area contributed by atoms with E-state index >= 15 is 0 Å². The molecule has 1 aromatic carbocycles. The van der Waals surface area contributed by atoms with Gasteiger partial charge in [-0.3, -0.25) is 0 Å². The first-order valence-electron chi connectivity index (χ1n) is 11.1. The van der Waals surface area contributed by atoms with Crippen molar-refractivity contribution in [3.8, 4) is 0 Å². The Bertz CT molecular complexity index is 623. The highest BCUT2D eigenvalue weighted by atomic mass is 16.5. The van der Waals surface area contributed by atoms with Gasteiger partial charge in [0.2, 0.25) is 0 Å². The van der Waals surface area contributed by atoms with Crippen LogP contribution in [0, 0.1) is 23.2 Å². The number of fused-ring (bicyclic) bond motifs is 2. The third kappa shape index (κ3) is 3.71. The van der Waals surface area contributed by atoms with Crippen LogP contribution in [0.15, 0.2) is 30.3 Å². The molecule has 0 aromatic heterocycles. The molecule has 1 saturated heterocycles. The fourth-order valence-electron chi connectivity index (χ4n) is 6.87. The lowest BCUT2D eigenvalue weighted by Gasteiger charge is -2.37. The van der Waals surface area contributed by atoms with Gasteiger partial charge in [-0.05, 0) is 36.0 Å². The maximum absolute atomic E-state index is 10.9. The summed E-state index contributed by atoms with van der Waals surface area (Å²) in [4.78, 5) is 0. The van der Waals surface area contributed by atoms with Gasteiger partial charge in [-0.15, -0.1) is 0 Å². The zero-order chi connectivity index (χ0) is 19.1. The fraction of sp³-hybridized carbons (Fsp3) is 0.750. The van der Waals surface area contributed by atoms with Gasteiger partial charge in [0, 0.05) is 18.4 Å². The Morgan fingerprint density at radius 3 is 2.41 bits per heavy atom. The second-order valence-corrected chi connectivity index (χ2v) is 10.2. The SMILES string of the molecule is CC1C(OCC(O)C[N+]2(Cc3ccccc3)CCCC2)C2CCC1C2(C)C. The van der Waals surface area contributed by atoms with Gasteiger partial charge in [0.25, 0.3) is 0 Å². The number of likely N-dealkylation sites (tertiary alicyclic amines) is 1. The average molecular weight is 373 g/mol. The lowest BCUT2D eigenvalue weighted by Crippen LogP contribution is -2.50. The first-order valence-corrected chi connectivity index (χ1v) is 11.1. The Kier molecular flexibility index (Phi) is 5.39. The van der Waals surface area contributed by atoms with Crippen molar-refractivity contribution in [2.24, 2.45) is 23.2 Å². The molecule has 3 nitrogen and oxygen atoms in total. The normalized spacial score (nSPS) is 34.8. The molecule has 1 heterocycles. The van der Waals surface area contributed by atoms with Crippen molar-refractivity contribution in [2.75, 3.05) is 26.2 Å². The maximum Gasteiger partial charge on any atom is 0.126 e. The van der Waals surface area contributed by atoms with Crippen molar-refractivity contribution in [1.29, 1.82) is 0 Å². The lowest BCUT2D eigenvalue weighted by molar-refractivity contribution is -0.932. The van der Waals surface area contributed by atoms with Crippen molar-refractivity contribution in [3.05, 3.63) is 35.9 Å². The highest BCUT2D eigenvalue weighted by Gasteiger charge is 2.58. The molecule has 3 aliphatic rings. The van der Waals surface area contributed by atoms with Gasteiger partial charge in [-0.2, -0.15) is 0 Å². The van der Waals surface area contributed by atoms with E-state index in [9.17, 15) is 5.11 Å².